The second-order valence-electron chi connectivity index (χ2n) is 6.49. The van der Waals surface area contributed by atoms with E-state index in [0.29, 0.717) is 17.3 Å². The first-order valence-corrected chi connectivity index (χ1v) is 9.10. The van der Waals surface area contributed by atoms with E-state index in [1.165, 1.54) is 5.69 Å². The molecule has 0 spiro atoms. The van der Waals surface area contributed by atoms with E-state index in [1.807, 2.05) is 37.3 Å². The number of carbonyl (C=O) groups is 1. The van der Waals surface area contributed by atoms with E-state index in [0.717, 1.165) is 37.5 Å². The van der Waals surface area contributed by atoms with Crippen LogP contribution in [0.15, 0.2) is 42.5 Å². The number of rotatable bonds is 5. The predicted octanol–water partition coefficient (Wildman–Crippen LogP) is 3.42. The number of nitrogens with one attached hydrogen (secondary N) is 1. The first-order chi connectivity index (χ1) is 12.5. The molecule has 0 saturated carbocycles. The van der Waals surface area contributed by atoms with Gasteiger partial charge in [-0.1, -0.05) is 17.7 Å². The van der Waals surface area contributed by atoms with E-state index >= 15 is 0 Å². The van der Waals surface area contributed by atoms with Crippen LogP contribution < -0.4 is 15.0 Å². The van der Waals surface area contributed by atoms with Crippen LogP contribution >= 0.6 is 11.6 Å². The van der Waals surface area contributed by atoms with Crippen molar-refractivity contribution in [3.05, 3.63) is 53.1 Å². The summed E-state index contributed by atoms with van der Waals surface area (Å²) in [7, 11) is 1.67. The third-order valence-corrected chi connectivity index (χ3v) is 4.89. The Morgan fingerprint density at radius 3 is 2.42 bits per heavy atom. The minimum absolute atomic E-state index is 0.0337. The Hall–Kier alpha value is -2.24. The van der Waals surface area contributed by atoms with Gasteiger partial charge in [-0.25, -0.2) is 0 Å². The standard InChI is InChI=1S/C20H24ClN3O2/c1-15-3-8-19(18(21)13-15)22-20(25)14-23-9-11-24(12-10-23)16-4-6-17(26-2)7-5-16/h3-8,13H,9-12,14H2,1-2H3,(H,22,25). The van der Waals surface area contributed by atoms with Crippen LogP contribution in [0.25, 0.3) is 0 Å². The van der Waals surface area contributed by atoms with E-state index in [1.54, 1.807) is 7.11 Å². The molecule has 138 valence electrons. The van der Waals surface area contributed by atoms with Crippen molar-refractivity contribution < 1.29 is 9.53 Å². The van der Waals surface area contributed by atoms with Gasteiger partial charge in [0.15, 0.2) is 0 Å². The highest BCUT2D eigenvalue weighted by Crippen LogP contribution is 2.23. The number of amides is 1. The maximum absolute atomic E-state index is 12.3. The fourth-order valence-electron chi connectivity index (χ4n) is 3.07. The summed E-state index contributed by atoms with van der Waals surface area (Å²) < 4.78 is 5.20. The number of methoxy groups -OCH3 is 1. The van der Waals surface area contributed by atoms with Crippen molar-refractivity contribution in [2.45, 2.75) is 6.92 Å². The maximum Gasteiger partial charge on any atom is 0.238 e. The Bertz CT molecular complexity index is 756. The molecule has 0 radical (unpaired) electrons. The van der Waals surface area contributed by atoms with Crippen LogP contribution in [-0.4, -0.2) is 50.6 Å². The Balaban J connectivity index is 1.49. The molecular weight excluding hydrogens is 350 g/mol. The molecule has 0 aromatic heterocycles. The van der Waals surface area contributed by atoms with Gasteiger partial charge in [-0.3, -0.25) is 9.69 Å². The molecule has 2 aromatic rings. The van der Waals surface area contributed by atoms with Crippen LogP contribution in [0.3, 0.4) is 0 Å². The van der Waals surface area contributed by atoms with Crippen LogP contribution in [-0.2, 0) is 4.79 Å². The van der Waals surface area contributed by atoms with Crippen molar-refractivity contribution in [2.24, 2.45) is 0 Å². The Morgan fingerprint density at radius 2 is 1.81 bits per heavy atom. The smallest absolute Gasteiger partial charge is 0.238 e. The highest BCUT2D eigenvalue weighted by atomic mass is 35.5. The van der Waals surface area contributed by atoms with E-state index in [4.69, 9.17) is 16.3 Å². The molecule has 1 fully saturated rings. The number of anilines is 2. The molecule has 0 bridgehead atoms. The van der Waals surface area contributed by atoms with E-state index in [2.05, 4.69) is 27.2 Å². The van der Waals surface area contributed by atoms with Crippen LogP contribution in [0.4, 0.5) is 11.4 Å². The van der Waals surface area contributed by atoms with Crippen molar-refractivity contribution in [2.75, 3.05) is 50.1 Å². The van der Waals surface area contributed by atoms with Crippen molar-refractivity contribution in [3.8, 4) is 5.75 Å². The number of benzene rings is 2. The predicted molar refractivity (Wildman–Crippen MR) is 106 cm³/mol. The Kier molecular flexibility index (Phi) is 6.01. The van der Waals surface area contributed by atoms with Gasteiger partial charge in [-0.15, -0.1) is 0 Å². The van der Waals surface area contributed by atoms with Crippen molar-refractivity contribution in [1.29, 1.82) is 0 Å². The van der Waals surface area contributed by atoms with Crippen LogP contribution in [0.2, 0.25) is 5.02 Å². The highest BCUT2D eigenvalue weighted by Gasteiger charge is 2.19. The van der Waals surface area contributed by atoms with Gasteiger partial charge >= 0.3 is 0 Å². The number of hydrogen-bond donors (Lipinski definition) is 1. The largest absolute Gasteiger partial charge is 0.497 e. The molecule has 6 heteroatoms. The lowest BCUT2D eigenvalue weighted by Gasteiger charge is -2.35. The third-order valence-electron chi connectivity index (χ3n) is 4.58. The number of halogens is 1. The molecule has 0 unspecified atom stereocenters. The zero-order valence-corrected chi connectivity index (χ0v) is 15.9. The molecule has 1 N–H and O–H groups in total. The van der Waals surface area contributed by atoms with Gasteiger partial charge in [0.1, 0.15) is 5.75 Å². The summed E-state index contributed by atoms with van der Waals surface area (Å²) in [5, 5.41) is 3.47. The zero-order chi connectivity index (χ0) is 18.5. The molecule has 5 nitrogen and oxygen atoms in total. The van der Waals surface area contributed by atoms with E-state index < -0.39 is 0 Å². The molecule has 3 rings (SSSR count). The molecule has 2 aromatic carbocycles. The summed E-state index contributed by atoms with van der Waals surface area (Å²) in [6.07, 6.45) is 0. The van der Waals surface area contributed by atoms with E-state index in [-0.39, 0.29) is 5.91 Å². The SMILES string of the molecule is COc1ccc(N2CCN(CC(=O)Nc3ccc(C)cc3Cl)CC2)cc1. The Labute approximate surface area is 159 Å². The Morgan fingerprint density at radius 1 is 1.12 bits per heavy atom. The number of hydrogen-bond acceptors (Lipinski definition) is 4. The summed E-state index contributed by atoms with van der Waals surface area (Å²) in [6, 6.07) is 13.7. The number of carbonyl (C=O) groups excluding carboxylic acids is 1. The molecule has 1 aliphatic rings. The number of piperazine rings is 1. The molecule has 0 aliphatic carbocycles. The van der Waals surface area contributed by atoms with Gasteiger partial charge in [-0.2, -0.15) is 0 Å². The van der Waals surface area contributed by atoms with E-state index in [9.17, 15) is 4.79 Å². The first kappa shape index (κ1) is 18.5. The maximum atomic E-state index is 12.3. The van der Waals surface area contributed by atoms with Gasteiger partial charge in [0.05, 0.1) is 24.4 Å². The van der Waals surface area contributed by atoms with Gasteiger partial charge in [0, 0.05) is 31.9 Å². The topological polar surface area (TPSA) is 44.8 Å². The molecule has 26 heavy (non-hydrogen) atoms. The number of nitrogens with zero attached hydrogens (tertiary/aromatic N) is 2. The summed E-state index contributed by atoms with van der Waals surface area (Å²) in [4.78, 5) is 16.8. The normalized spacial score (nSPS) is 15.0. The van der Waals surface area contributed by atoms with Crippen LogP contribution in [0, 0.1) is 6.92 Å². The first-order valence-electron chi connectivity index (χ1n) is 8.72. The summed E-state index contributed by atoms with van der Waals surface area (Å²) in [5.41, 5.74) is 2.92. The van der Waals surface area contributed by atoms with Crippen LogP contribution in [0.5, 0.6) is 5.75 Å². The highest BCUT2D eigenvalue weighted by molar-refractivity contribution is 6.33. The minimum atomic E-state index is -0.0337. The van der Waals surface area contributed by atoms with Gasteiger partial charge in [0.2, 0.25) is 5.91 Å². The molecule has 1 saturated heterocycles. The third kappa shape index (κ3) is 4.68. The molecule has 1 aliphatic heterocycles. The average molecular weight is 374 g/mol. The second kappa shape index (κ2) is 8.43. The minimum Gasteiger partial charge on any atom is -0.497 e. The molecule has 1 heterocycles. The molecular formula is C20H24ClN3O2. The quantitative estimate of drug-likeness (QED) is 0.872. The van der Waals surface area contributed by atoms with Crippen molar-refractivity contribution in [3.63, 3.8) is 0 Å². The monoisotopic (exact) mass is 373 g/mol. The zero-order valence-electron chi connectivity index (χ0n) is 15.2. The lowest BCUT2D eigenvalue weighted by atomic mass is 10.2. The number of ether oxygens (including phenoxy) is 1. The fourth-order valence-corrected chi connectivity index (χ4v) is 3.35. The van der Waals surface area contributed by atoms with Gasteiger partial charge < -0.3 is 15.0 Å². The fraction of sp³-hybridized carbons (Fsp3) is 0.350. The van der Waals surface area contributed by atoms with Gasteiger partial charge in [0.25, 0.3) is 0 Å². The second-order valence-corrected chi connectivity index (χ2v) is 6.90. The molecule has 0 atom stereocenters. The van der Waals surface area contributed by atoms with Crippen LogP contribution in [0.1, 0.15) is 5.56 Å². The number of aryl methyl sites for hydroxylation is 1. The summed E-state index contributed by atoms with van der Waals surface area (Å²) >= 11 is 6.18. The average Bonchev–Trinajstić information content (AvgIpc) is 2.65. The van der Waals surface area contributed by atoms with Gasteiger partial charge in [-0.05, 0) is 48.9 Å². The lowest BCUT2D eigenvalue weighted by Crippen LogP contribution is -2.48. The summed E-state index contributed by atoms with van der Waals surface area (Å²) in [6.45, 7) is 5.83. The van der Waals surface area contributed by atoms with Crippen molar-refractivity contribution in [1.82, 2.24) is 4.90 Å². The molecule has 1 amide bonds. The summed E-state index contributed by atoms with van der Waals surface area (Å²) in [5.74, 6) is 0.826. The van der Waals surface area contributed by atoms with Crippen molar-refractivity contribution >= 4 is 28.9 Å². The lowest BCUT2D eigenvalue weighted by molar-refractivity contribution is -0.117.